The molecule has 0 spiro atoms. The minimum atomic E-state index is -0.271. The number of benzene rings is 2. The normalized spacial score (nSPS) is 11.1. The van der Waals surface area contributed by atoms with Crippen LogP contribution in [0.3, 0.4) is 0 Å². The summed E-state index contributed by atoms with van der Waals surface area (Å²) < 4.78 is 0. The quantitative estimate of drug-likeness (QED) is 0.425. The van der Waals surface area contributed by atoms with Gasteiger partial charge >= 0.3 is 0 Å². The van der Waals surface area contributed by atoms with E-state index in [1.165, 1.54) is 18.2 Å². The highest BCUT2D eigenvalue weighted by Gasteiger charge is 2.13. The first-order valence-corrected chi connectivity index (χ1v) is 7.60. The number of halogens is 3. The van der Waals surface area contributed by atoms with E-state index in [-0.39, 0.29) is 21.6 Å². The first-order chi connectivity index (χ1) is 10.3. The summed E-state index contributed by atoms with van der Waals surface area (Å²) in [4.78, 5) is 12.2. The zero-order chi connectivity index (χ0) is 16.4. The SMILES string of the molecule is Cc1cc(/C=C/C(=O)c2ccc(Cl)c(Cl)c2Cl)cc(C)c1O. The number of aryl methyl sites for hydroxylation is 2. The van der Waals surface area contributed by atoms with Crippen LogP contribution in [0.1, 0.15) is 27.0 Å². The molecule has 0 aliphatic carbocycles. The number of ketones is 1. The van der Waals surface area contributed by atoms with E-state index >= 15 is 0 Å². The molecule has 0 saturated heterocycles. The molecule has 22 heavy (non-hydrogen) atoms. The van der Waals surface area contributed by atoms with Gasteiger partial charge in [-0.15, -0.1) is 0 Å². The lowest BCUT2D eigenvalue weighted by Crippen LogP contribution is -1.96. The van der Waals surface area contributed by atoms with E-state index in [9.17, 15) is 9.90 Å². The Bertz CT molecular complexity index is 757. The van der Waals surface area contributed by atoms with Crippen LogP contribution in [0.2, 0.25) is 15.1 Å². The predicted molar refractivity (Wildman–Crippen MR) is 92.4 cm³/mol. The fourth-order valence-corrected chi connectivity index (χ4v) is 2.69. The fraction of sp³-hybridized carbons (Fsp3) is 0.118. The number of carbonyl (C=O) groups excluding carboxylic acids is 1. The molecule has 0 aliphatic rings. The number of rotatable bonds is 3. The average molecular weight is 356 g/mol. The summed E-state index contributed by atoms with van der Waals surface area (Å²) in [6.45, 7) is 3.61. The Kier molecular flexibility index (Phi) is 5.17. The van der Waals surface area contributed by atoms with Gasteiger partial charge in [0.25, 0.3) is 0 Å². The molecule has 2 aromatic rings. The molecule has 5 heteroatoms. The average Bonchev–Trinajstić information content (AvgIpc) is 2.48. The highest BCUT2D eigenvalue weighted by Crippen LogP contribution is 2.33. The van der Waals surface area contributed by atoms with Gasteiger partial charge in [-0.1, -0.05) is 40.9 Å². The number of hydrogen-bond acceptors (Lipinski definition) is 2. The van der Waals surface area contributed by atoms with Gasteiger partial charge in [0, 0.05) is 5.56 Å². The lowest BCUT2D eigenvalue weighted by atomic mass is 10.0. The van der Waals surface area contributed by atoms with Crippen molar-refractivity contribution in [3.05, 3.63) is 67.7 Å². The van der Waals surface area contributed by atoms with Crippen molar-refractivity contribution in [1.29, 1.82) is 0 Å². The van der Waals surface area contributed by atoms with E-state index in [1.54, 1.807) is 32.1 Å². The highest BCUT2D eigenvalue weighted by atomic mass is 35.5. The second-order valence-electron chi connectivity index (χ2n) is 4.92. The smallest absolute Gasteiger partial charge is 0.187 e. The largest absolute Gasteiger partial charge is 0.507 e. The number of aromatic hydroxyl groups is 1. The predicted octanol–water partition coefficient (Wildman–Crippen LogP) is 5.87. The van der Waals surface area contributed by atoms with Crippen LogP contribution in [0.5, 0.6) is 5.75 Å². The van der Waals surface area contributed by atoms with Gasteiger partial charge in [-0.25, -0.2) is 0 Å². The first kappa shape index (κ1) is 16.9. The Morgan fingerprint density at radius 1 is 1.05 bits per heavy atom. The molecular formula is C17H13Cl3O2. The van der Waals surface area contributed by atoms with Gasteiger partial charge in [0.05, 0.1) is 15.1 Å². The third-order valence-electron chi connectivity index (χ3n) is 3.24. The minimum absolute atomic E-state index is 0.141. The molecule has 0 heterocycles. The number of hydrogen-bond donors (Lipinski definition) is 1. The molecule has 0 atom stereocenters. The molecule has 0 radical (unpaired) electrons. The third kappa shape index (κ3) is 3.46. The summed E-state index contributed by atoms with van der Waals surface area (Å²) in [5.41, 5.74) is 2.61. The first-order valence-electron chi connectivity index (χ1n) is 6.47. The van der Waals surface area contributed by atoms with Crippen molar-refractivity contribution in [2.24, 2.45) is 0 Å². The Labute approximate surface area is 143 Å². The van der Waals surface area contributed by atoms with Crippen molar-refractivity contribution < 1.29 is 9.90 Å². The summed E-state index contributed by atoms with van der Waals surface area (Å²) in [6, 6.07) is 6.66. The second-order valence-corrected chi connectivity index (χ2v) is 6.09. The molecule has 114 valence electrons. The molecule has 0 fully saturated rings. The van der Waals surface area contributed by atoms with Gasteiger partial charge in [0.1, 0.15) is 5.75 Å². The van der Waals surface area contributed by atoms with Crippen LogP contribution in [-0.4, -0.2) is 10.9 Å². The molecular weight excluding hydrogens is 343 g/mol. The van der Waals surface area contributed by atoms with E-state index in [0.29, 0.717) is 10.6 Å². The molecule has 0 amide bonds. The van der Waals surface area contributed by atoms with Crippen LogP contribution < -0.4 is 0 Å². The van der Waals surface area contributed by atoms with Crippen LogP contribution in [0, 0.1) is 13.8 Å². The topological polar surface area (TPSA) is 37.3 Å². The van der Waals surface area contributed by atoms with Gasteiger partial charge in [0.15, 0.2) is 5.78 Å². The number of phenols is 1. The van der Waals surface area contributed by atoms with Crippen LogP contribution in [0.25, 0.3) is 6.08 Å². The van der Waals surface area contributed by atoms with Crippen LogP contribution >= 0.6 is 34.8 Å². The third-order valence-corrected chi connectivity index (χ3v) is 4.53. The Balaban J connectivity index is 2.31. The molecule has 0 saturated carbocycles. The lowest BCUT2D eigenvalue weighted by molar-refractivity contribution is 0.104. The maximum absolute atomic E-state index is 12.2. The fourth-order valence-electron chi connectivity index (χ4n) is 2.06. The van der Waals surface area contributed by atoms with E-state index in [4.69, 9.17) is 34.8 Å². The van der Waals surface area contributed by atoms with Gasteiger partial charge in [-0.05, 0) is 60.9 Å². The molecule has 0 aromatic heterocycles. The van der Waals surface area contributed by atoms with Crippen molar-refractivity contribution in [3.8, 4) is 5.75 Å². The second kappa shape index (κ2) is 6.74. The molecule has 0 unspecified atom stereocenters. The van der Waals surface area contributed by atoms with Gasteiger partial charge in [0.2, 0.25) is 0 Å². The number of phenolic OH excluding ortho intramolecular Hbond substituents is 1. The minimum Gasteiger partial charge on any atom is -0.507 e. The molecule has 2 aromatic carbocycles. The Hall–Kier alpha value is -1.48. The van der Waals surface area contributed by atoms with E-state index in [0.717, 1.165) is 16.7 Å². The van der Waals surface area contributed by atoms with Crippen molar-refractivity contribution in [2.75, 3.05) is 0 Å². The molecule has 0 aliphatic heterocycles. The highest BCUT2D eigenvalue weighted by molar-refractivity contribution is 6.49. The molecule has 2 rings (SSSR count). The Morgan fingerprint density at radius 3 is 2.23 bits per heavy atom. The molecule has 1 N–H and O–H groups in total. The lowest BCUT2D eigenvalue weighted by Gasteiger charge is -2.05. The standard InChI is InChI=1S/C17H13Cl3O2/c1-9-7-11(8-10(2)17(9)22)3-6-14(21)12-4-5-13(18)16(20)15(12)19/h3-8,22H,1-2H3/b6-3+. The Morgan fingerprint density at radius 2 is 1.64 bits per heavy atom. The van der Waals surface area contributed by atoms with Gasteiger partial charge < -0.3 is 5.11 Å². The van der Waals surface area contributed by atoms with Crippen molar-refractivity contribution in [3.63, 3.8) is 0 Å². The summed E-state index contributed by atoms with van der Waals surface area (Å²) in [6.07, 6.45) is 3.08. The van der Waals surface area contributed by atoms with Gasteiger partial charge in [-0.2, -0.15) is 0 Å². The molecule has 0 bridgehead atoms. The van der Waals surface area contributed by atoms with Crippen molar-refractivity contribution in [2.45, 2.75) is 13.8 Å². The summed E-state index contributed by atoms with van der Waals surface area (Å²) >= 11 is 17.8. The van der Waals surface area contributed by atoms with Gasteiger partial charge in [-0.3, -0.25) is 4.79 Å². The zero-order valence-corrected chi connectivity index (χ0v) is 14.2. The summed E-state index contributed by atoms with van der Waals surface area (Å²) in [7, 11) is 0. The van der Waals surface area contributed by atoms with E-state index in [2.05, 4.69) is 0 Å². The number of allylic oxidation sites excluding steroid dienone is 1. The zero-order valence-electron chi connectivity index (χ0n) is 12.0. The maximum Gasteiger partial charge on any atom is 0.187 e. The monoisotopic (exact) mass is 354 g/mol. The van der Waals surface area contributed by atoms with Crippen molar-refractivity contribution >= 4 is 46.7 Å². The van der Waals surface area contributed by atoms with E-state index < -0.39 is 0 Å². The van der Waals surface area contributed by atoms with Crippen LogP contribution in [0.15, 0.2) is 30.3 Å². The number of carbonyl (C=O) groups is 1. The maximum atomic E-state index is 12.2. The summed E-state index contributed by atoms with van der Waals surface area (Å²) in [5.74, 6) is -0.0112. The van der Waals surface area contributed by atoms with Crippen molar-refractivity contribution in [1.82, 2.24) is 0 Å². The summed E-state index contributed by atoms with van der Waals surface area (Å²) in [5, 5.41) is 10.4. The van der Waals surface area contributed by atoms with Crippen LogP contribution in [0.4, 0.5) is 0 Å². The van der Waals surface area contributed by atoms with E-state index in [1.807, 2.05) is 0 Å². The van der Waals surface area contributed by atoms with Crippen LogP contribution in [-0.2, 0) is 0 Å². The molecule has 2 nitrogen and oxygen atoms in total.